The number of hydrogen-bond acceptors (Lipinski definition) is 4. The molecule has 0 spiro atoms. The van der Waals surface area contributed by atoms with Crippen LogP contribution in [0.4, 0.5) is 5.13 Å². The van der Waals surface area contributed by atoms with Crippen molar-refractivity contribution in [2.75, 3.05) is 11.9 Å². The van der Waals surface area contributed by atoms with Gasteiger partial charge in [-0.15, -0.1) is 0 Å². The van der Waals surface area contributed by atoms with Crippen molar-refractivity contribution in [2.45, 2.75) is 59.4 Å². The lowest BCUT2D eigenvalue weighted by Gasteiger charge is -2.26. The van der Waals surface area contributed by atoms with Crippen LogP contribution in [0.3, 0.4) is 0 Å². The van der Waals surface area contributed by atoms with Crippen LogP contribution >= 0.6 is 11.3 Å². The molecule has 1 aromatic carbocycles. The number of hydrogen-bond donors (Lipinski definition) is 1. The first-order valence-corrected chi connectivity index (χ1v) is 11.3. The summed E-state index contributed by atoms with van der Waals surface area (Å²) in [7, 11) is 0. The number of benzene rings is 1. The first-order valence-electron chi connectivity index (χ1n) is 10.5. The van der Waals surface area contributed by atoms with E-state index in [2.05, 4.69) is 57.1 Å². The Morgan fingerprint density at radius 3 is 2.57 bits per heavy atom. The molecule has 2 aromatic rings. The minimum absolute atomic E-state index is 0.110. The van der Waals surface area contributed by atoms with Crippen LogP contribution in [0.2, 0.25) is 0 Å². The van der Waals surface area contributed by atoms with Crippen LogP contribution in [0.5, 0.6) is 0 Å². The van der Waals surface area contributed by atoms with Crippen molar-refractivity contribution in [1.29, 1.82) is 0 Å². The van der Waals surface area contributed by atoms with E-state index in [4.69, 9.17) is 0 Å². The Morgan fingerprint density at radius 2 is 1.93 bits per heavy atom. The quantitative estimate of drug-likeness (QED) is 0.684. The Morgan fingerprint density at radius 1 is 1.23 bits per heavy atom. The fraction of sp³-hybridized carbons (Fsp3) is 0.458. The van der Waals surface area contributed by atoms with E-state index in [1.54, 1.807) is 0 Å². The van der Waals surface area contributed by atoms with Crippen molar-refractivity contribution in [2.24, 2.45) is 5.92 Å². The Hall–Kier alpha value is -2.47. The SMILES string of the molecule is CC(C)CC(=O)N1CCc2nc(NC(=O)/C=C/c3ccc(C(C)(C)C)cc3)sc2C1. The van der Waals surface area contributed by atoms with Crippen LogP contribution in [-0.4, -0.2) is 28.2 Å². The second kappa shape index (κ2) is 9.13. The number of thiazole rings is 1. The van der Waals surface area contributed by atoms with Gasteiger partial charge in [-0.2, -0.15) is 0 Å². The monoisotopic (exact) mass is 425 g/mol. The molecule has 0 atom stereocenters. The third-order valence-corrected chi connectivity index (χ3v) is 6.10. The molecule has 2 heterocycles. The Kier molecular flexibility index (Phi) is 6.76. The van der Waals surface area contributed by atoms with Gasteiger partial charge in [0, 0.05) is 30.3 Å². The van der Waals surface area contributed by atoms with Crippen molar-refractivity contribution in [3.8, 4) is 0 Å². The minimum atomic E-state index is -0.200. The van der Waals surface area contributed by atoms with E-state index in [1.165, 1.54) is 23.0 Å². The third kappa shape index (κ3) is 5.79. The van der Waals surface area contributed by atoms with Gasteiger partial charge in [0.1, 0.15) is 0 Å². The van der Waals surface area contributed by atoms with E-state index >= 15 is 0 Å². The Labute approximate surface area is 183 Å². The minimum Gasteiger partial charge on any atom is -0.337 e. The van der Waals surface area contributed by atoms with Gasteiger partial charge in [-0.1, -0.05) is 70.2 Å². The zero-order chi connectivity index (χ0) is 21.9. The molecule has 1 aliphatic heterocycles. The molecule has 0 saturated carbocycles. The van der Waals surface area contributed by atoms with Crippen LogP contribution in [0.25, 0.3) is 6.08 Å². The molecule has 0 saturated heterocycles. The molecule has 2 amide bonds. The summed E-state index contributed by atoms with van der Waals surface area (Å²) in [6, 6.07) is 8.24. The number of carbonyl (C=O) groups is 2. The van der Waals surface area contributed by atoms with Gasteiger partial charge < -0.3 is 4.90 Å². The molecule has 0 fully saturated rings. The highest BCUT2D eigenvalue weighted by Gasteiger charge is 2.24. The number of aromatic nitrogens is 1. The van der Waals surface area contributed by atoms with E-state index in [0.29, 0.717) is 30.6 Å². The van der Waals surface area contributed by atoms with Gasteiger partial charge in [0.15, 0.2) is 5.13 Å². The van der Waals surface area contributed by atoms with E-state index in [0.717, 1.165) is 22.6 Å². The van der Waals surface area contributed by atoms with E-state index < -0.39 is 0 Å². The van der Waals surface area contributed by atoms with Crippen LogP contribution in [0.1, 0.15) is 62.7 Å². The summed E-state index contributed by atoms with van der Waals surface area (Å²) in [5.74, 6) is 0.343. The van der Waals surface area contributed by atoms with Crippen molar-refractivity contribution in [3.05, 3.63) is 52.0 Å². The molecule has 0 aliphatic carbocycles. The first-order chi connectivity index (χ1) is 14.1. The van der Waals surface area contributed by atoms with Crippen LogP contribution in [-0.2, 0) is 28.0 Å². The lowest BCUT2D eigenvalue weighted by molar-refractivity contribution is -0.132. The predicted molar refractivity (Wildman–Crippen MR) is 123 cm³/mol. The summed E-state index contributed by atoms with van der Waals surface area (Å²) < 4.78 is 0. The maximum Gasteiger partial charge on any atom is 0.250 e. The van der Waals surface area contributed by atoms with Crippen molar-refractivity contribution in [3.63, 3.8) is 0 Å². The molecule has 1 aliphatic rings. The van der Waals surface area contributed by atoms with E-state index in [-0.39, 0.29) is 17.2 Å². The molecule has 3 rings (SSSR count). The van der Waals surface area contributed by atoms with Crippen molar-refractivity contribution in [1.82, 2.24) is 9.88 Å². The molecular weight excluding hydrogens is 394 g/mol. The van der Waals surface area contributed by atoms with Gasteiger partial charge in [0.05, 0.1) is 12.2 Å². The zero-order valence-electron chi connectivity index (χ0n) is 18.5. The molecule has 30 heavy (non-hydrogen) atoms. The fourth-order valence-corrected chi connectivity index (χ4v) is 4.38. The number of rotatable bonds is 5. The second-order valence-corrected chi connectivity index (χ2v) is 10.3. The highest BCUT2D eigenvalue weighted by atomic mass is 32.1. The second-order valence-electron chi connectivity index (χ2n) is 9.25. The normalized spacial score (nSPS) is 14.3. The highest BCUT2D eigenvalue weighted by molar-refractivity contribution is 7.15. The standard InChI is InChI=1S/C24H31N3O2S/c1-16(2)14-22(29)27-13-12-19-20(15-27)30-23(25-19)26-21(28)11-8-17-6-9-18(10-7-17)24(3,4)5/h6-11,16H,12-15H2,1-5H3,(H,25,26,28)/b11-8+. The maximum absolute atomic E-state index is 12.3. The summed E-state index contributed by atoms with van der Waals surface area (Å²) in [5, 5.41) is 3.45. The molecule has 0 bridgehead atoms. The number of anilines is 1. The fourth-order valence-electron chi connectivity index (χ4n) is 3.35. The number of carbonyl (C=O) groups excluding carboxylic acids is 2. The molecule has 6 heteroatoms. The number of nitrogens with one attached hydrogen (secondary N) is 1. The summed E-state index contributed by atoms with van der Waals surface area (Å²) in [6.45, 7) is 11.9. The summed E-state index contributed by atoms with van der Waals surface area (Å²) in [4.78, 5) is 32.2. The summed E-state index contributed by atoms with van der Waals surface area (Å²) in [5.41, 5.74) is 3.35. The van der Waals surface area contributed by atoms with Gasteiger partial charge >= 0.3 is 0 Å². The average Bonchev–Trinajstić information content (AvgIpc) is 3.06. The van der Waals surface area contributed by atoms with Gasteiger partial charge in [-0.05, 0) is 28.5 Å². The lowest BCUT2D eigenvalue weighted by Crippen LogP contribution is -2.36. The summed E-state index contributed by atoms with van der Waals surface area (Å²) >= 11 is 1.46. The Balaban J connectivity index is 1.59. The first kappa shape index (κ1) is 22.2. The molecule has 1 aromatic heterocycles. The largest absolute Gasteiger partial charge is 0.337 e. The maximum atomic E-state index is 12.3. The molecule has 160 valence electrons. The molecule has 5 nitrogen and oxygen atoms in total. The van der Waals surface area contributed by atoms with Gasteiger partial charge in [0.25, 0.3) is 0 Å². The Bertz CT molecular complexity index is 936. The van der Waals surface area contributed by atoms with Crippen LogP contribution in [0.15, 0.2) is 30.3 Å². The topological polar surface area (TPSA) is 62.3 Å². The number of nitrogens with zero attached hydrogens (tertiary/aromatic N) is 2. The lowest BCUT2D eigenvalue weighted by atomic mass is 9.87. The van der Waals surface area contributed by atoms with Gasteiger partial charge in [-0.3, -0.25) is 14.9 Å². The number of amides is 2. The van der Waals surface area contributed by atoms with Crippen LogP contribution < -0.4 is 5.32 Å². The molecule has 0 unspecified atom stereocenters. The van der Waals surface area contributed by atoms with Gasteiger partial charge in [0.2, 0.25) is 11.8 Å². The molecule has 0 radical (unpaired) electrons. The van der Waals surface area contributed by atoms with E-state index in [1.807, 2.05) is 23.1 Å². The third-order valence-electron chi connectivity index (χ3n) is 5.10. The van der Waals surface area contributed by atoms with E-state index in [9.17, 15) is 9.59 Å². The molecular formula is C24H31N3O2S. The highest BCUT2D eigenvalue weighted by Crippen LogP contribution is 2.29. The predicted octanol–water partition coefficient (Wildman–Crippen LogP) is 5.02. The van der Waals surface area contributed by atoms with Crippen LogP contribution in [0, 0.1) is 5.92 Å². The van der Waals surface area contributed by atoms with Crippen molar-refractivity contribution < 1.29 is 9.59 Å². The summed E-state index contributed by atoms with van der Waals surface area (Å²) in [6.07, 6.45) is 4.65. The zero-order valence-corrected chi connectivity index (χ0v) is 19.3. The average molecular weight is 426 g/mol. The van der Waals surface area contributed by atoms with Gasteiger partial charge in [-0.25, -0.2) is 4.98 Å². The van der Waals surface area contributed by atoms with Crippen molar-refractivity contribution >= 4 is 34.4 Å². The molecule has 1 N–H and O–H groups in total. The smallest absolute Gasteiger partial charge is 0.250 e. The number of fused-ring (bicyclic) bond motifs is 1.